The molecular formula is C60H38N2OS. The molecule has 300 valence electrons. The molecular weight excluding hydrogens is 797 g/mol. The minimum atomic E-state index is -0.654. The van der Waals surface area contributed by atoms with Gasteiger partial charge in [0, 0.05) is 75.6 Å². The number of hydrogen-bond acceptors (Lipinski definition) is 3. The van der Waals surface area contributed by atoms with Crippen LogP contribution in [0.5, 0.6) is 0 Å². The van der Waals surface area contributed by atoms with Crippen LogP contribution in [0.2, 0.25) is 0 Å². The van der Waals surface area contributed by atoms with Crippen LogP contribution < -0.4 is 4.90 Å². The number of aromatic nitrogens is 1. The van der Waals surface area contributed by atoms with Crippen LogP contribution in [0.25, 0.3) is 103 Å². The van der Waals surface area contributed by atoms with Crippen LogP contribution in [-0.2, 0) is 0 Å². The molecule has 0 radical (unpaired) electrons. The molecule has 13 aromatic rings. The van der Waals surface area contributed by atoms with Crippen LogP contribution in [0.15, 0.2) is 235 Å². The topological polar surface area (TPSA) is 21.3 Å². The third-order valence-electron chi connectivity index (χ3n) is 11.9. The van der Waals surface area contributed by atoms with E-state index < -0.39 is 66.5 Å². The smallest absolute Gasteiger partial charge is 0.143 e. The van der Waals surface area contributed by atoms with E-state index in [2.05, 4.69) is 65.2 Å². The molecule has 13 rings (SSSR count). The molecule has 4 heteroatoms. The first-order valence-corrected chi connectivity index (χ1v) is 21.6. The van der Waals surface area contributed by atoms with E-state index in [1.54, 1.807) is 6.07 Å². The molecule has 10 aromatic carbocycles. The number of anilines is 3. The lowest BCUT2D eigenvalue weighted by Crippen LogP contribution is -2.09. The predicted octanol–water partition coefficient (Wildman–Crippen LogP) is 17.5. The molecule has 0 saturated heterocycles. The van der Waals surface area contributed by atoms with Gasteiger partial charge < -0.3 is 13.9 Å². The second-order valence-electron chi connectivity index (χ2n) is 15.6. The molecule has 0 amide bonds. The highest BCUT2D eigenvalue weighted by atomic mass is 32.1. The average molecular weight is 847 g/mol. The van der Waals surface area contributed by atoms with Gasteiger partial charge in [-0.2, -0.15) is 0 Å². The Morgan fingerprint density at radius 2 is 1.16 bits per heavy atom. The molecule has 3 aromatic heterocycles. The number of hydrogen-bond donors (Lipinski definition) is 0. The van der Waals surface area contributed by atoms with E-state index >= 15 is 0 Å². The first-order chi connectivity index (χ1) is 36.7. The number of para-hydroxylation sites is 3. The van der Waals surface area contributed by atoms with E-state index in [1.807, 2.05) is 91.0 Å². The Hall–Kier alpha value is -8.18. The first-order valence-electron chi connectivity index (χ1n) is 26.8. The Kier molecular flexibility index (Phi) is 6.06. The van der Waals surface area contributed by atoms with Gasteiger partial charge in [0.25, 0.3) is 0 Å². The lowest BCUT2D eigenvalue weighted by Gasteiger charge is -2.26. The molecule has 64 heavy (non-hydrogen) atoms. The maximum absolute atomic E-state index is 9.94. The largest absolute Gasteiger partial charge is 0.455 e. The SMILES string of the molecule is [2H]c1c([2H])c([2H])c(N(c2ccc3c(c2)c2cc(-c4ccccc4)cc(-c4ccccc4)c2n3-c2ccc(-c3cccc4c3oc3ccccc34)cc2)c2c([2H])c([2H])c3sc4c([2H])c([2H])c([2H])c([2H])c4c3c2[2H])c([2H])c1[2H]. The van der Waals surface area contributed by atoms with E-state index in [0.717, 1.165) is 88.8 Å². The van der Waals surface area contributed by atoms with Crippen molar-refractivity contribution in [3.63, 3.8) is 0 Å². The van der Waals surface area contributed by atoms with Gasteiger partial charge in [0.05, 0.1) is 27.5 Å². The summed E-state index contributed by atoms with van der Waals surface area (Å²) >= 11 is 0.886. The molecule has 0 aliphatic heterocycles. The van der Waals surface area contributed by atoms with Gasteiger partial charge in [-0.15, -0.1) is 11.3 Å². The normalized spacial score (nSPS) is 14.4. The number of rotatable bonds is 7. The van der Waals surface area contributed by atoms with Crippen LogP contribution in [0.1, 0.15) is 16.4 Å². The van der Waals surface area contributed by atoms with Crippen LogP contribution >= 0.6 is 11.3 Å². The lowest BCUT2D eigenvalue weighted by molar-refractivity contribution is 0.670. The van der Waals surface area contributed by atoms with Crippen molar-refractivity contribution in [2.75, 3.05) is 4.90 Å². The minimum absolute atomic E-state index is 0.00699. The van der Waals surface area contributed by atoms with Crippen molar-refractivity contribution in [1.29, 1.82) is 0 Å². The Morgan fingerprint density at radius 3 is 2.00 bits per heavy atom. The highest BCUT2D eigenvalue weighted by molar-refractivity contribution is 7.25. The molecule has 0 aliphatic carbocycles. The summed E-state index contributed by atoms with van der Waals surface area (Å²) in [7, 11) is 0. The Bertz CT molecular complexity index is 4580. The predicted molar refractivity (Wildman–Crippen MR) is 272 cm³/mol. The molecule has 0 spiro atoms. The van der Waals surface area contributed by atoms with Gasteiger partial charge in [0.1, 0.15) is 11.2 Å². The lowest BCUT2D eigenvalue weighted by atomic mass is 9.95. The van der Waals surface area contributed by atoms with E-state index in [4.69, 9.17) is 14.0 Å². The van der Waals surface area contributed by atoms with Crippen molar-refractivity contribution in [3.05, 3.63) is 230 Å². The first kappa shape index (κ1) is 26.3. The quantitative estimate of drug-likeness (QED) is 0.159. The Labute approximate surface area is 390 Å². The van der Waals surface area contributed by atoms with Crippen LogP contribution in [0, 0.1) is 0 Å². The molecule has 0 unspecified atom stereocenters. The summed E-state index contributed by atoms with van der Waals surface area (Å²) in [4.78, 5) is 1.27. The molecule has 3 heterocycles. The Morgan fingerprint density at radius 1 is 0.438 bits per heavy atom. The second-order valence-corrected chi connectivity index (χ2v) is 16.6. The van der Waals surface area contributed by atoms with E-state index in [-0.39, 0.29) is 43.3 Å². The minimum Gasteiger partial charge on any atom is -0.455 e. The van der Waals surface area contributed by atoms with Crippen LogP contribution in [-0.4, -0.2) is 4.57 Å². The molecule has 0 atom stereocenters. The zero-order valence-electron chi connectivity index (χ0n) is 45.7. The van der Waals surface area contributed by atoms with Crippen molar-refractivity contribution in [1.82, 2.24) is 4.57 Å². The number of benzene rings is 10. The fourth-order valence-corrected chi connectivity index (χ4v) is 9.99. The van der Waals surface area contributed by atoms with Crippen LogP contribution in [0.4, 0.5) is 17.1 Å². The monoisotopic (exact) mass is 846 g/mol. The van der Waals surface area contributed by atoms with Crippen molar-refractivity contribution in [2.24, 2.45) is 0 Å². The number of furan rings is 1. The van der Waals surface area contributed by atoms with Crippen molar-refractivity contribution >= 4 is 92.3 Å². The average Bonchev–Trinajstić information content (AvgIpc) is 4.34. The van der Waals surface area contributed by atoms with Gasteiger partial charge in [0.15, 0.2) is 0 Å². The number of thiophene rings is 1. The fourth-order valence-electron chi connectivity index (χ4n) is 9.07. The molecule has 0 bridgehead atoms. The third-order valence-corrected chi connectivity index (χ3v) is 13.0. The maximum atomic E-state index is 9.94. The summed E-state index contributed by atoms with van der Waals surface area (Å²) in [6, 6.07) is 45.8. The summed E-state index contributed by atoms with van der Waals surface area (Å²) in [6.07, 6.45) is 0. The second kappa shape index (κ2) is 14.7. The van der Waals surface area contributed by atoms with E-state index in [0.29, 0.717) is 5.39 Å². The van der Waals surface area contributed by atoms with E-state index in [9.17, 15) is 6.85 Å². The van der Waals surface area contributed by atoms with Gasteiger partial charge in [-0.25, -0.2) is 0 Å². The van der Waals surface area contributed by atoms with Gasteiger partial charge in [-0.1, -0.05) is 145 Å². The number of fused-ring (bicyclic) bond motifs is 9. The van der Waals surface area contributed by atoms with Crippen molar-refractivity contribution in [3.8, 4) is 39.1 Å². The highest BCUT2D eigenvalue weighted by Gasteiger charge is 2.22. The molecule has 0 N–H and O–H groups in total. The van der Waals surface area contributed by atoms with Gasteiger partial charge in [-0.05, 0) is 107 Å². The summed E-state index contributed by atoms with van der Waals surface area (Å²) in [5, 5.41) is 3.49. The zero-order chi connectivity index (χ0) is 52.6. The summed E-state index contributed by atoms with van der Waals surface area (Å²) in [5.41, 5.74) is 9.10. The summed E-state index contributed by atoms with van der Waals surface area (Å²) in [5.74, 6) is 0. The third kappa shape index (κ3) is 5.88. The Balaban J connectivity index is 1.12. The van der Waals surface area contributed by atoms with Crippen molar-refractivity contribution < 1.29 is 20.9 Å². The van der Waals surface area contributed by atoms with Gasteiger partial charge in [-0.3, -0.25) is 0 Å². The fraction of sp³-hybridized carbons (Fsp3) is 0. The molecule has 3 nitrogen and oxygen atoms in total. The molecule has 0 fully saturated rings. The van der Waals surface area contributed by atoms with Crippen LogP contribution in [0.3, 0.4) is 0 Å². The maximum Gasteiger partial charge on any atom is 0.143 e. The van der Waals surface area contributed by atoms with Gasteiger partial charge in [0.2, 0.25) is 0 Å². The zero-order valence-corrected chi connectivity index (χ0v) is 34.5. The van der Waals surface area contributed by atoms with E-state index in [1.165, 1.54) is 4.90 Å². The molecule has 0 aliphatic rings. The summed E-state index contributed by atoms with van der Waals surface area (Å²) in [6.45, 7) is 0. The summed E-state index contributed by atoms with van der Waals surface area (Å²) < 4.78 is 117. The number of nitrogens with zero attached hydrogens (tertiary/aromatic N) is 2. The highest BCUT2D eigenvalue weighted by Crippen LogP contribution is 2.46. The molecule has 0 saturated carbocycles. The standard InChI is InChI=1S/C60H38N2OS/c1-4-15-39(16-5-1)42-35-51(40-17-6-2-7-18-40)59-54(36-42)52-37-45(61(43-19-8-3-9-20-43)46-32-34-58-53(38-46)49-22-11-13-26-57(49)64-58)31-33-55(52)62(59)44-29-27-41(28-30-44)47-23-14-24-50-48-21-10-12-25-56(48)63-60(47)50/h1-38H/i3D,8D,9D,11D,13D,19D,20D,22D,26D,32D,34D,38D. The van der Waals surface area contributed by atoms with Crippen molar-refractivity contribution in [2.45, 2.75) is 0 Å². The van der Waals surface area contributed by atoms with Gasteiger partial charge >= 0.3 is 0 Å².